The van der Waals surface area contributed by atoms with Crippen molar-refractivity contribution in [1.29, 1.82) is 0 Å². The van der Waals surface area contributed by atoms with E-state index in [0.717, 1.165) is 6.42 Å². The first kappa shape index (κ1) is 23.1. The van der Waals surface area contributed by atoms with Gasteiger partial charge in [0, 0.05) is 19.0 Å². The molecule has 3 rings (SSSR count). The first-order chi connectivity index (χ1) is 15.4. The lowest BCUT2D eigenvalue weighted by Crippen LogP contribution is -2.30. The summed E-state index contributed by atoms with van der Waals surface area (Å²) in [6.07, 6.45) is 1.53. The average Bonchev–Trinajstić information content (AvgIpc) is 3.03. The Bertz CT molecular complexity index is 1020. The van der Waals surface area contributed by atoms with E-state index in [9.17, 15) is 19.5 Å². The molecular formula is C25H27NO6. The van der Waals surface area contributed by atoms with E-state index in [1.54, 1.807) is 48.5 Å². The van der Waals surface area contributed by atoms with Crippen LogP contribution in [0.2, 0.25) is 0 Å². The zero-order valence-corrected chi connectivity index (χ0v) is 18.5. The Morgan fingerprint density at radius 1 is 0.969 bits per heavy atom. The summed E-state index contributed by atoms with van der Waals surface area (Å²) >= 11 is 0. The summed E-state index contributed by atoms with van der Waals surface area (Å²) < 4.78 is 10.6. The number of amides is 1. The molecule has 0 radical (unpaired) electrons. The molecule has 1 fully saturated rings. The summed E-state index contributed by atoms with van der Waals surface area (Å²) in [5, 5.41) is 11.0. The molecule has 1 aliphatic rings. The Morgan fingerprint density at radius 3 is 2.16 bits per heavy atom. The van der Waals surface area contributed by atoms with Crippen molar-refractivity contribution in [3.8, 4) is 11.5 Å². The molecule has 1 unspecified atom stereocenters. The lowest BCUT2D eigenvalue weighted by atomic mass is 9.95. The number of carbonyl (C=O) groups excluding carboxylic acids is 3. The second-order valence-corrected chi connectivity index (χ2v) is 7.53. The molecule has 7 heteroatoms. The van der Waals surface area contributed by atoms with Crippen molar-refractivity contribution in [1.82, 2.24) is 4.90 Å². The number of aliphatic hydroxyl groups is 1. The maximum atomic E-state index is 12.9. The summed E-state index contributed by atoms with van der Waals surface area (Å²) in [5.74, 6) is -1.04. The van der Waals surface area contributed by atoms with Gasteiger partial charge in [0.1, 0.15) is 17.3 Å². The van der Waals surface area contributed by atoms with Crippen molar-refractivity contribution >= 4 is 23.4 Å². The van der Waals surface area contributed by atoms with Crippen LogP contribution in [0.25, 0.3) is 5.76 Å². The quantitative estimate of drug-likeness (QED) is 0.218. The highest BCUT2D eigenvalue weighted by atomic mass is 16.5. The number of rotatable bonds is 8. The molecular weight excluding hydrogens is 410 g/mol. The number of carbonyl (C=O) groups is 3. The molecule has 0 bridgehead atoms. The highest BCUT2D eigenvalue weighted by Crippen LogP contribution is 2.40. The number of aliphatic hydroxyl groups excluding tert-OH is 1. The SMILES string of the molecule is CCCOc1ccc(/C(O)=C2/C(=O)C(=O)N(CCC)C2c2ccc(OC(C)=O)cc2)cc1. The molecule has 32 heavy (non-hydrogen) atoms. The molecule has 1 atom stereocenters. The topological polar surface area (TPSA) is 93.1 Å². The van der Waals surface area contributed by atoms with E-state index in [0.29, 0.717) is 42.2 Å². The number of hydrogen-bond acceptors (Lipinski definition) is 6. The minimum Gasteiger partial charge on any atom is -0.507 e. The van der Waals surface area contributed by atoms with E-state index in [4.69, 9.17) is 9.47 Å². The second-order valence-electron chi connectivity index (χ2n) is 7.53. The van der Waals surface area contributed by atoms with Crippen LogP contribution < -0.4 is 9.47 Å². The molecule has 1 heterocycles. The maximum Gasteiger partial charge on any atom is 0.308 e. The number of likely N-dealkylation sites (tertiary alicyclic amines) is 1. The van der Waals surface area contributed by atoms with E-state index in [-0.39, 0.29) is 11.3 Å². The highest BCUT2D eigenvalue weighted by molar-refractivity contribution is 6.46. The Morgan fingerprint density at radius 2 is 1.59 bits per heavy atom. The first-order valence-corrected chi connectivity index (χ1v) is 10.7. The monoisotopic (exact) mass is 437 g/mol. The molecule has 1 amide bonds. The molecule has 0 spiro atoms. The number of Topliss-reactive ketones (excluding diaryl/α,β-unsaturated/α-hetero) is 1. The fourth-order valence-electron chi connectivity index (χ4n) is 3.67. The zero-order chi connectivity index (χ0) is 23.3. The Hall–Kier alpha value is -3.61. The van der Waals surface area contributed by atoms with Gasteiger partial charge in [-0.05, 0) is 54.8 Å². The minimum atomic E-state index is -0.739. The molecule has 0 aromatic heterocycles. The van der Waals surface area contributed by atoms with Crippen molar-refractivity contribution in [2.75, 3.05) is 13.2 Å². The van der Waals surface area contributed by atoms with Crippen LogP contribution in [-0.2, 0) is 14.4 Å². The van der Waals surface area contributed by atoms with Gasteiger partial charge < -0.3 is 19.5 Å². The van der Waals surface area contributed by atoms with Crippen molar-refractivity contribution < 1.29 is 29.0 Å². The Labute approximate surface area is 187 Å². The van der Waals surface area contributed by atoms with Gasteiger partial charge in [-0.2, -0.15) is 0 Å². The van der Waals surface area contributed by atoms with E-state index < -0.39 is 23.7 Å². The summed E-state index contributed by atoms with van der Waals surface area (Å²) in [7, 11) is 0. The molecule has 0 aliphatic carbocycles. The number of esters is 1. The third-order valence-corrected chi connectivity index (χ3v) is 5.06. The van der Waals surface area contributed by atoms with E-state index >= 15 is 0 Å². The van der Waals surface area contributed by atoms with Crippen molar-refractivity contribution in [3.63, 3.8) is 0 Å². The van der Waals surface area contributed by atoms with Crippen molar-refractivity contribution in [3.05, 3.63) is 65.2 Å². The fraction of sp³-hybridized carbons (Fsp3) is 0.320. The molecule has 1 aliphatic heterocycles. The molecule has 7 nitrogen and oxygen atoms in total. The van der Waals surface area contributed by atoms with E-state index in [1.807, 2.05) is 13.8 Å². The van der Waals surface area contributed by atoms with Crippen molar-refractivity contribution in [2.24, 2.45) is 0 Å². The lowest BCUT2D eigenvalue weighted by molar-refractivity contribution is -0.139. The van der Waals surface area contributed by atoms with Crippen LogP contribution in [0.4, 0.5) is 0 Å². The number of hydrogen-bond donors (Lipinski definition) is 1. The van der Waals surface area contributed by atoms with Gasteiger partial charge in [-0.1, -0.05) is 26.0 Å². The summed E-state index contributed by atoms with van der Waals surface area (Å²) in [4.78, 5) is 38.3. The van der Waals surface area contributed by atoms with Crippen LogP contribution in [0.5, 0.6) is 11.5 Å². The average molecular weight is 437 g/mol. The number of benzene rings is 2. The predicted octanol–water partition coefficient (Wildman–Crippen LogP) is 4.23. The van der Waals surface area contributed by atoms with Crippen LogP contribution in [0.1, 0.15) is 50.8 Å². The first-order valence-electron chi connectivity index (χ1n) is 10.7. The third-order valence-electron chi connectivity index (χ3n) is 5.06. The van der Waals surface area contributed by atoms with Gasteiger partial charge in [0.2, 0.25) is 0 Å². The predicted molar refractivity (Wildman–Crippen MR) is 119 cm³/mol. The lowest BCUT2D eigenvalue weighted by Gasteiger charge is -2.25. The minimum absolute atomic E-state index is 0.0333. The molecule has 2 aromatic carbocycles. The molecule has 168 valence electrons. The summed E-state index contributed by atoms with van der Waals surface area (Å²) in [6, 6.07) is 12.6. The van der Waals surface area contributed by atoms with Crippen LogP contribution in [0.3, 0.4) is 0 Å². The summed E-state index contributed by atoms with van der Waals surface area (Å²) in [5.41, 5.74) is 1.09. The molecule has 0 saturated carbocycles. The van der Waals surface area contributed by atoms with E-state index in [2.05, 4.69) is 0 Å². The number of ether oxygens (including phenoxy) is 2. The van der Waals surface area contributed by atoms with Crippen LogP contribution >= 0.6 is 0 Å². The van der Waals surface area contributed by atoms with Crippen molar-refractivity contribution in [2.45, 2.75) is 39.7 Å². The summed E-state index contributed by atoms with van der Waals surface area (Å²) in [6.45, 7) is 6.17. The van der Waals surface area contributed by atoms with Gasteiger partial charge in [0.15, 0.2) is 0 Å². The van der Waals surface area contributed by atoms with Gasteiger partial charge >= 0.3 is 5.97 Å². The standard InChI is InChI=1S/C25H27NO6/c1-4-14-26-22(17-6-12-20(13-7-17)32-16(3)27)21(24(29)25(26)30)23(28)18-8-10-19(11-9-18)31-15-5-2/h6-13,22,28H,4-5,14-15H2,1-3H3/b23-21-. The van der Waals surface area contributed by atoms with Gasteiger partial charge in [-0.15, -0.1) is 0 Å². The largest absolute Gasteiger partial charge is 0.507 e. The fourth-order valence-corrected chi connectivity index (χ4v) is 3.67. The van der Waals surface area contributed by atoms with Gasteiger partial charge in [-0.25, -0.2) is 0 Å². The zero-order valence-electron chi connectivity index (χ0n) is 18.5. The Balaban J connectivity index is 2.03. The van der Waals surface area contributed by atoms with Crippen LogP contribution in [0.15, 0.2) is 54.1 Å². The van der Waals surface area contributed by atoms with Gasteiger partial charge in [-0.3, -0.25) is 14.4 Å². The Kier molecular flexibility index (Phi) is 7.30. The van der Waals surface area contributed by atoms with E-state index in [1.165, 1.54) is 11.8 Å². The molecule has 2 aromatic rings. The van der Waals surface area contributed by atoms with Crippen LogP contribution in [0, 0.1) is 0 Å². The smallest absolute Gasteiger partial charge is 0.308 e. The highest BCUT2D eigenvalue weighted by Gasteiger charge is 2.45. The maximum absolute atomic E-state index is 12.9. The third kappa shape index (κ3) is 4.82. The number of ketones is 1. The number of nitrogens with zero attached hydrogens (tertiary/aromatic N) is 1. The molecule has 1 saturated heterocycles. The molecule has 1 N–H and O–H groups in total. The second kappa shape index (κ2) is 10.1. The van der Waals surface area contributed by atoms with Gasteiger partial charge in [0.25, 0.3) is 11.7 Å². The van der Waals surface area contributed by atoms with Gasteiger partial charge in [0.05, 0.1) is 18.2 Å². The van der Waals surface area contributed by atoms with Crippen LogP contribution in [-0.4, -0.2) is 40.8 Å². The normalized spacial score (nSPS) is 17.5.